The summed E-state index contributed by atoms with van der Waals surface area (Å²) in [7, 11) is 1.23. The van der Waals surface area contributed by atoms with Gasteiger partial charge in [0.05, 0.1) is 17.1 Å². The lowest BCUT2D eigenvalue weighted by atomic mass is 10.2. The summed E-state index contributed by atoms with van der Waals surface area (Å²) in [5, 5.41) is 0. The quantitative estimate of drug-likeness (QED) is 0.509. The van der Waals surface area contributed by atoms with Crippen molar-refractivity contribution in [2.45, 2.75) is 52.7 Å². The van der Waals surface area contributed by atoms with Gasteiger partial charge in [0.15, 0.2) is 5.82 Å². The summed E-state index contributed by atoms with van der Waals surface area (Å²) in [4.78, 5) is 41.4. The Morgan fingerprint density at radius 3 is 1.81 bits per heavy atom. The monoisotopic (exact) mass is 430 g/mol. The van der Waals surface area contributed by atoms with Gasteiger partial charge >= 0.3 is 18.2 Å². The molecular weight excluding hydrogens is 408 g/mol. The van der Waals surface area contributed by atoms with Gasteiger partial charge in [-0.1, -0.05) is 0 Å². The molecule has 0 saturated heterocycles. The van der Waals surface area contributed by atoms with Crippen LogP contribution in [0.2, 0.25) is 0 Å². The number of methoxy groups -OCH3 is 1. The third-order valence-corrected chi connectivity index (χ3v) is 3.19. The predicted molar refractivity (Wildman–Crippen MR) is 98.2 cm³/mol. The molecule has 0 unspecified atom stereocenters. The summed E-state index contributed by atoms with van der Waals surface area (Å²) >= 11 is 3.21. The van der Waals surface area contributed by atoms with E-state index in [1.807, 2.05) is 0 Å². The number of aromatic nitrogens is 1. The second kappa shape index (κ2) is 8.03. The van der Waals surface area contributed by atoms with Gasteiger partial charge in [-0.25, -0.2) is 19.4 Å². The van der Waals surface area contributed by atoms with Gasteiger partial charge in [-0.05, 0) is 63.5 Å². The zero-order valence-electron chi connectivity index (χ0n) is 15.9. The fourth-order valence-electron chi connectivity index (χ4n) is 1.69. The Kier molecular flexibility index (Phi) is 6.76. The summed E-state index contributed by atoms with van der Waals surface area (Å²) in [6.07, 6.45) is -0.718. The minimum absolute atomic E-state index is 0.0684. The first kappa shape index (κ1) is 21.9. The number of nitrogens with zero attached hydrogens (tertiary/aromatic N) is 2. The van der Waals surface area contributed by atoms with E-state index in [0.717, 1.165) is 0 Å². The van der Waals surface area contributed by atoms with E-state index in [-0.39, 0.29) is 15.9 Å². The molecule has 0 aliphatic heterocycles. The van der Waals surface area contributed by atoms with Crippen LogP contribution in [0.5, 0.6) is 0 Å². The van der Waals surface area contributed by atoms with Crippen molar-refractivity contribution >= 4 is 39.9 Å². The van der Waals surface area contributed by atoms with Crippen molar-refractivity contribution in [2.24, 2.45) is 0 Å². The second-order valence-corrected chi connectivity index (χ2v) is 8.17. The number of ether oxygens (including phenoxy) is 3. The molecule has 0 saturated carbocycles. The highest BCUT2D eigenvalue weighted by atomic mass is 79.9. The SMILES string of the molecule is COC(=O)c1cnc(N(C(=O)OC(C)(C)C)C(=O)OC(C)(C)C)c(Br)c1. The van der Waals surface area contributed by atoms with Crippen LogP contribution < -0.4 is 4.90 Å². The van der Waals surface area contributed by atoms with Crippen LogP contribution in [0.3, 0.4) is 0 Å². The van der Waals surface area contributed by atoms with E-state index in [1.54, 1.807) is 41.5 Å². The van der Waals surface area contributed by atoms with Crippen molar-refractivity contribution in [2.75, 3.05) is 12.0 Å². The Morgan fingerprint density at radius 1 is 1.00 bits per heavy atom. The van der Waals surface area contributed by atoms with Crippen molar-refractivity contribution in [3.63, 3.8) is 0 Å². The van der Waals surface area contributed by atoms with E-state index in [0.29, 0.717) is 4.90 Å². The maximum atomic E-state index is 12.6. The van der Waals surface area contributed by atoms with Crippen LogP contribution in [0.25, 0.3) is 0 Å². The minimum Gasteiger partial charge on any atom is -0.465 e. The molecule has 1 heterocycles. The van der Waals surface area contributed by atoms with E-state index in [4.69, 9.17) is 9.47 Å². The average Bonchev–Trinajstić information content (AvgIpc) is 2.44. The summed E-state index contributed by atoms with van der Waals surface area (Å²) < 4.78 is 15.4. The van der Waals surface area contributed by atoms with E-state index < -0.39 is 29.4 Å². The largest absolute Gasteiger partial charge is 0.465 e. The predicted octanol–water partition coefficient (Wildman–Crippen LogP) is 4.31. The molecule has 0 atom stereocenters. The molecule has 0 bridgehead atoms. The molecule has 26 heavy (non-hydrogen) atoms. The number of hydrogen-bond donors (Lipinski definition) is 0. The normalized spacial score (nSPS) is 11.5. The molecule has 8 nitrogen and oxygen atoms in total. The second-order valence-electron chi connectivity index (χ2n) is 7.32. The van der Waals surface area contributed by atoms with Crippen LogP contribution in [-0.2, 0) is 14.2 Å². The van der Waals surface area contributed by atoms with Gasteiger partial charge in [0.25, 0.3) is 0 Å². The summed E-state index contributed by atoms with van der Waals surface area (Å²) in [5.74, 6) is -0.674. The topological polar surface area (TPSA) is 95.0 Å². The molecule has 0 radical (unpaired) electrons. The van der Waals surface area contributed by atoms with Crippen LogP contribution >= 0.6 is 15.9 Å². The highest BCUT2D eigenvalue weighted by Crippen LogP contribution is 2.28. The van der Waals surface area contributed by atoms with Gasteiger partial charge in [0.2, 0.25) is 0 Å². The highest BCUT2D eigenvalue weighted by molar-refractivity contribution is 9.10. The smallest absolute Gasteiger partial charge is 0.425 e. The van der Waals surface area contributed by atoms with E-state index in [2.05, 4.69) is 25.7 Å². The maximum absolute atomic E-state index is 12.6. The van der Waals surface area contributed by atoms with Crippen LogP contribution in [0.15, 0.2) is 16.7 Å². The molecule has 0 N–H and O–H groups in total. The first-order valence-corrected chi connectivity index (χ1v) is 8.54. The molecule has 1 aromatic heterocycles. The molecule has 0 aliphatic carbocycles. The molecule has 1 rings (SSSR count). The Labute approximate surface area is 160 Å². The molecule has 2 amide bonds. The third-order valence-electron chi connectivity index (χ3n) is 2.61. The number of pyridine rings is 1. The number of carbonyl (C=O) groups excluding carboxylic acids is 3. The fraction of sp³-hybridized carbons (Fsp3) is 0.529. The van der Waals surface area contributed by atoms with Crippen LogP contribution in [0, 0.1) is 0 Å². The summed E-state index contributed by atoms with van der Waals surface area (Å²) in [5.41, 5.74) is -1.53. The maximum Gasteiger partial charge on any atom is 0.425 e. The molecule has 9 heteroatoms. The third kappa shape index (κ3) is 6.29. The molecule has 0 aliphatic rings. The molecule has 1 aromatic rings. The molecule has 0 spiro atoms. The van der Waals surface area contributed by atoms with E-state index >= 15 is 0 Å². The van der Waals surface area contributed by atoms with Crippen molar-refractivity contribution in [1.82, 2.24) is 4.98 Å². The van der Waals surface area contributed by atoms with Gasteiger partial charge in [-0.15, -0.1) is 0 Å². The summed E-state index contributed by atoms with van der Waals surface area (Å²) in [6, 6.07) is 1.38. The number of anilines is 1. The number of rotatable bonds is 2. The number of amides is 2. The van der Waals surface area contributed by atoms with Gasteiger partial charge < -0.3 is 14.2 Å². The Hall–Kier alpha value is -2.16. The minimum atomic E-state index is -0.953. The molecule has 0 fully saturated rings. The van der Waals surface area contributed by atoms with Gasteiger partial charge in [-0.2, -0.15) is 4.90 Å². The average molecular weight is 431 g/mol. The fourth-order valence-corrected chi connectivity index (χ4v) is 2.21. The number of hydrogen-bond acceptors (Lipinski definition) is 7. The number of esters is 1. The van der Waals surface area contributed by atoms with Crippen molar-refractivity contribution in [3.05, 3.63) is 22.3 Å². The molecule has 0 aromatic carbocycles. The van der Waals surface area contributed by atoms with Crippen molar-refractivity contribution < 1.29 is 28.6 Å². The zero-order chi connectivity index (χ0) is 20.3. The molecular formula is C17H23BrN2O6. The standard InChI is InChI=1S/C17H23BrN2O6/c1-16(2,3)25-14(22)20(15(23)26-17(4,5)6)12-11(18)8-10(9-19-12)13(21)24-7/h8-9H,1-7H3. The van der Waals surface area contributed by atoms with Crippen LogP contribution in [-0.4, -0.2) is 41.5 Å². The summed E-state index contributed by atoms with van der Waals surface area (Å²) in [6.45, 7) is 10.0. The molecule has 144 valence electrons. The van der Waals surface area contributed by atoms with Crippen molar-refractivity contribution in [1.29, 1.82) is 0 Å². The van der Waals surface area contributed by atoms with Crippen LogP contribution in [0.1, 0.15) is 51.9 Å². The lowest BCUT2D eigenvalue weighted by Crippen LogP contribution is -2.44. The number of carbonyl (C=O) groups is 3. The zero-order valence-corrected chi connectivity index (χ0v) is 17.5. The highest BCUT2D eigenvalue weighted by Gasteiger charge is 2.35. The van der Waals surface area contributed by atoms with Crippen molar-refractivity contribution in [3.8, 4) is 0 Å². The van der Waals surface area contributed by atoms with Gasteiger partial charge in [-0.3, -0.25) is 0 Å². The Bertz CT molecular complexity index is 678. The Balaban J connectivity index is 3.34. The van der Waals surface area contributed by atoms with Crippen LogP contribution in [0.4, 0.5) is 15.4 Å². The van der Waals surface area contributed by atoms with Gasteiger partial charge in [0, 0.05) is 6.20 Å². The lowest BCUT2D eigenvalue weighted by molar-refractivity contribution is 0.0428. The Morgan fingerprint density at radius 2 is 1.46 bits per heavy atom. The first-order valence-electron chi connectivity index (χ1n) is 7.75. The lowest BCUT2D eigenvalue weighted by Gasteiger charge is -2.28. The van der Waals surface area contributed by atoms with Gasteiger partial charge in [0.1, 0.15) is 11.2 Å². The number of imide groups is 1. The first-order chi connectivity index (χ1) is 11.7. The van der Waals surface area contributed by atoms with E-state index in [1.165, 1.54) is 19.4 Å². The number of halogens is 1. The van der Waals surface area contributed by atoms with E-state index in [9.17, 15) is 14.4 Å².